The molecule has 1 saturated carbocycles. The quantitative estimate of drug-likeness (QED) is 0.455. The van der Waals surface area contributed by atoms with Crippen LogP contribution in [0, 0.1) is 7.18 Å². The Bertz CT molecular complexity index is 19.9. The van der Waals surface area contributed by atoms with Gasteiger partial charge in [0.15, 0.2) is 0 Å². The van der Waals surface area contributed by atoms with Gasteiger partial charge in [0.1, 0.15) is 0 Å². The van der Waals surface area contributed by atoms with Crippen molar-refractivity contribution >= 4 is 0 Å². The summed E-state index contributed by atoms with van der Waals surface area (Å²) in [6, 6.07) is 0. The van der Waals surface area contributed by atoms with Gasteiger partial charge >= 0.3 is 0 Å². The molecule has 3 radical (unpaired) electrons. The van der Waals surface area contributed by atoms with Gasteiger partial charge in [-0.1, -0.05) is 38.5 Å². The lowest BCUT2D eigenvalue weighted by Gasteiger charge is -2.05. The average molecular weight is 115 g/mol. The van der Waals surface area contributed by atoms with Crippen molar-refractivity contribution < 1.29 is 4.39 Å². The summed E-state index contributed by atoms with van der Waals surface area (Å²) in [5, 5.41) is 0. The van der Waals surface area contributed by atoms with E-state index in [0.29, 0.717) is 0 Å². The molecule has 0 heterocycles. The fraction of sp³-hybridized carbons (Fsp3) is 0.857. The molecule has 0 amide bonds. The first kappa shape index (κ1) is 7.93. The Morgan fingerprint density at radius 1 is 0.625 bits per heavy atom. The predicted molar refractivity (Wildman–Crippen MR) is 32.1 cm³/mol. The van der Waals surface area contributed by atoms with Crippen LogP contribution in [0.5, 0.6) is 0 Å². The highest BCUT2D eigenvalue weighted by molar-refractivity contribution is 4.51. The molecule has 1 fully saturated rings. The van der Waals surface area contributed by atoms with Gasteiger partial charge in [0.2, 0.25) is 7.18 Å². The third-order valence-electron chi connectivity index (χ3n) is 1.50. The molecule has 0 aromatic rings. The number of rotatable bonds is 0. The van der Waals surface area contributed by atoms with Gasteiger partial charge in [-0.3, -0.25) is 0 Å². The van der Waals surface area contributed by atoms with Crippen LogP contribution >= 0.6 is 0 Å². The standard InChI is InChI=1S/C6H12.CF/c1-2-4-6-5-3-1;1-2/h1-6H2;. The van der Waals surface area contributed by atoms with Crippen molar-refractivity contribution in [3.63, 3.8) is 0 Å². The van der Waals surface area contributed by atoms with E-state index in [1.54, 1.807) is 0 Å². The summed E-state index contributed by atoms with van der Waals surface area (Å²) in [6.07, 6.45) is 9.00. The number of hydrogen-bond donors (Lipinski definition) is 0. The van der Waals surface area contributed by atoms with E-state index < -0.39 is 0 Å². The summed E-state index contributed by atoms with van der Waals surface area (Å²) < 4.78 is 8.75. The number of hydrogen-bond acceptors (Lipinski definition) is 0. The minimum Gasteiger partial charge on any atom is -0.232 e. The van der Waals surface area contributed by atoms with Gasteiger partial charge in [-0.2, -0.15) is 0 Å². The first-order valence-corrected chi connectivity index (χ1v) is 3.19. The Morgan fingerprint density at radius 3 is 0.875 bits per heavy atom. The van der Waals surface area contributed by atoms with Crippen molar-refractivity contribution in [2.75, 3.05) is 0 Å². The molecule has 47 valence electrons. The van der Waals surface area contributed by atoms with Gasteiger partial charge in [-0.05, 0) is 0 Å². The summed E-state index contributed by atoms with van der Waals surface area (Å²) in [7, 11) is 4.25. The van der Waals surface area contributed by atoms with E-state index >= 15 is 0 Å². The van der Waals surface area contributed by atoms with Crippen LogP contribution in [0.1, 0.15) is 38.5 Å². The molecule has 0 unspecified atom stereocenters. The summed E-state index contributed by atoms with van der Waals surface area (Å²) in [5.41, 5.74) is 0. The largest absolute Gasteiger partial charge is 0.232 e. The second kappa shape index (κ2) is 6.93. The van der Waals surface area contributed by atoms with E-state index in [9.17, 15) is 0 Å². The summed E-state index contributed by atoms with van der Waals surface area (Å²) in [4.78, 5) is 0. The first-order valence-electron chi connectivity index (χ1n) is 3.19. The highest BCUT2D eigenvalue weighted by atomic mass is 19.1. The molecule has 0 atom stereocenters. The summed E-state index contributed by atoms with van der Waals surface area (Å²) in [6.45, 7) is 0. The van der Waals surface area contributed by atoms with Crippen LogP contribution in [0.2, 0.25) is 0 Å². The fourth-order valence-electron chi connectivity index (χ4n) is 1.06. The van der Waals surface area contributed by atoms with Gasteiger partial charge in [0.05, 0.1) is 0 Å². The maximum absolute atomic E-state index is 8.75. The topological polar surface area (TPSA) is 0 Å². The molecule has 0 aliphatic heterocycles. The third-order valence-corrected chi connectivity index (χ3v) is 1.50. The Balaban J connectivity index is 0.000000222. The Morgan fingerprint density at radius 2 is 0.750 bits per heavy atom. The molecule has 8 heavy (non-hydrogen) atoms. The van der Waals surface area contributed by atoms with E-state index in [4.69, 9.17) is 4.39 Å². The third kappa shape index (κ3) is 4.10. The molecule has 1 heteroatoms. The predicted octanol–water partition coefficient (Wildman–Crippen LogP) is 2.84. The molecule has 0 nitrogen and oxygen atoms in total. The lowest BCUT2D eigenvalue weighted by Crippen LogP contribution is -1.85. The van der Waals surface area contributed by atoms with E-state index in [-0.39, 0.29) is 0 Å². The maximum Gasteiger partial charge on any atom is 0.232 e. The molecule has 0 aromatic carbocycles. The number of halogens is 1. The monoisotopic (exact) mass is 115 g/mol. The van der Waals surface area contributed by atoms with Crippen LogP contribution in [-0.4, -0.2) is 0 Å². The van der Waals surface area contributed by atoms with Gasteiger partial charge in [-0.25, -0.2) is 4.39 Å². The average Bonchev–Trinajstić information content (AvgIpc) is 1.96. The van der Waals surface area contributed by atoms with E-state index in [2.05, 4.69) is 7.18 Å². The van der Waals surface area contributed by atoms with Crippen molar-refractivity contribution in [3.8, 4) is 0 Å². The molecule has 1 aliphatic rings. The second-order valence-corrected chi connectivity index (χ2v) is 2.12. The molecular formula is C7H12F. The molecular weight excluding hydrogens is 103 g/mol. The van der Waals surface area contributed by atoms with Crippen LogP contribution in [0.3, 0.4) is 0 Å². The highest BCUT2D eigenvalue weighted by Crippen LogP contribution is 2.15. The first-order chi connectivity index (χ1) is 4.00. The van der Waals surface area contributed by atoms with Gasteiger partial charge < -0.3 is 0 Å². The van der Waals surface area contributed by atoms with Crippen LogP contribution in [-0.2, 0) is 0 Å². The van der Waals surface area contributed by atoms with E-state index in [0.717, 1.165) is 0 Å². The van der Waals surface area contributed by atoms with Crippen LogP contribution in [0.25, 0.3) is 0 Å². The van der Waals surface area contributed by atoms with Crippen molar-refractivity contribution in [1.82, 2.24) is 0 Å². The smallest absolute Gasteiger partial charge is 0.232 e. The van der Waals surface area contributed by atoms with Crippen molar-refractivity contribution in [2.24, 2.45) is 0 Å². The molecule has 0 N–H and O–H groups in total. The zero-order valence-corrected chi connectivity index (χ0v) is 5.12. The minimum atomic E-state index is 1.50. The molecule has 1 aliphatic carbocycles. The lowest BCUT2D eigenvalue weighted by molar-refractivity contribution is 0.504. The van der Waals surface area contributed by atoms with Crippen LogP contribution < -0.4 is 0 Å². The Kier molecular flexibility index (Phi) is 6.87. The van der Waals surface area contributed by atoms with Crippen molar-refractivity contribution in [1.29, 1.82) is 0 Å². The molecule has 1 rings (SSSR count). The highest BCUT2D eigenvalue weighted by Gasteiger charge is 1.95. The van der Waals surface area contributed by atoms with Crippen LogP contribution in [0.4, 0.5) is 4.39 Å². The van der Waals surface area contributed by atoms with Gasteiger partial charge in [0.25, 0.3) is 0 Å². The zero-order chi connectivity index (χ0) is 6.24. The Hall–Kier alpha value is -0.0700. The summed E-state index contributed by atoms with van der Waals surface area (Å²) >= 11 is 0. The van der Waals surface area contributed by atoms with E-state index in [1.807, 2.05) is 0 Å². The van der Waals surface area contributed by atoms with Crippen molar-refractivity contribution in [2.45, 2.75) is 38.5 Å². The SMILES string of the molecule is C1CCCCC1.[C]F. The van der Waals surface area contributed by atoms with Crippen molar-refractivity contribution in [3.05, 3.63) is 7.18 Å². The Labute approximate surface area is 51.1 Å². The molecule has 0 saturated heterocycles. The van der Waals surface area contributed by atoms with Gasteiger partial charge in [0, 0.05) is 0 Å². The van der Waals surface area contributed by atoms with Crippen LogP contribution in [0.15, 0.2) is 0 Å². The lowest BCUT2D eigenvalue weighted by atomic mass is 10.0. The summed E-state index contributed by atoms with van der Waals surface area (Å²) in [5.74, 6) is 0. The molecule has 0 aromatic heterocycles. The fourth-order valence-corrected chi connectivity index (χ4v) is 1.06. The normalized spacial score (nSPS) is 18.8. The zero-order valence-electron chi connectivity index (χ0n) is 5.12. The molecule has 0 spiro atoms. The molecule has 0 bridgehead atoms. The maximum atomic E-state index is 8.75. The van der Waals surface area contributed by atoms with E-state index in [1.165, 1.54) is 38.5 Å². The van der Waals surface area contributed by atoms with Gasteiger partial charge in [-0.15, -0.1) is 0 Å². The minimum absolute atomic E-state index is 1.50. The second-order valence-electron chi connectivity index (χ2n) is 2.12.